The van der Waals surface area contributed by atoms with Crippen LogP contribution in [0.5, 0.6) is 0 Å². The molecular weight excluding hydrogens is 310 g/mol. The third kappa shape index (κ3) is 3.32. The third-order valence-electron chi connectivity index (χ3n) is 3.07. The number of nitrogens with zero attached hydrogens (tertiary/aromatic N) is 2. The van der Waals surface area contributed by atoms with Gasteiger partial charge in [-0.2, -0.15) is 0 Å². The summed E-state index contributed by atoms with van der Waals surface area (Å²) < 4.78 is 1.05. The van der Waals surface area contributed by atoms with Crippen LogP contribution in [0, 0.1) is 17.0 Å². The van der Waals surface area contributed by atoms with Crippen molar-refractivity contribution in [2.45, 2.75) is 13.5 Å². The van der Waals surface area contributed by atoms with Crippen molar-refractivity contribution in [3.63, 3.8) is 0 Å². The SMILES string of the molecule is Cc1c([N+](=O)[O-])ccc(=O)n1CC(=O)Nc1ccccc1Cl. The molecule has 1 N–H and O–H groups in total. The molecule has 8 heteroatoms. The number of hydrogen-bond acceptors (Lipinski definition) is 4. The zero-order valence-corrected chi connectivity index (χ0v) is 12.3. The highest BCUT2D eigenvalue weighted by Gasteiger charge is 2.17. The van der Waals surface area contributed by atoms with E-state index in [9.17, 15) is 19.7 Å². The van der Waals surface area contributed by atoms with Gasteiger partial charge in [-0.3, -0.25) is 24.3 Å². The molecule has 22 heavy (non-hydrogen) atoms. The lowest BCUT2D eigenvalue weighted by Gasteiger charge is -2.11. The molecule has 1 heterocycles. The molecule has 1 amide bonds. The van der Waals surface area contributed by atoms with Crippen molar-refractivity contribution in [2.24, 2.45) is 0 Å². The molecule has 1 aromatic carbocycles. The molecule has 0 radical (unpaired) electrons. The van der Waals surface area contributed by atoms with E-state index in [1.807, 2.05) is 0 Å². The summed E-state index contributed by atoms with van der Waals surface area (Å²) >= 11 is 5.93. The Balaban J connectivity index is 2.26. The van der Waals surface area contributed by atoms with E-state index in [1.165, 1.54) is 6.92 Å². The highest BCUT2D eigenvalue weighted by Crippen LogP contribution is 2.20. The van der Waals surface area contributed by atoms with E-state index in [2.05, 4.69) is 5.32 Å². The van der Waals surface area contributed by atoms with Gasteiger partial charge in [0, 0.05) is 12.1 Å². The minimum absolute atomic E-state index is 0.117. The van der Waals surface area contributed by atoms with Crippen LogP contribution in [-0.2, 0) is 11.3 Å². The highest BCUT2D eigenvalue weighted by atomic mass is 35.5. The summed E-state index contributed by atoms with van der Waals surface area (Å²) in [7, 11) is 0. The largest absolute Gasteiger partial charge is 0.323 e. The topological polar surface area (TPSA) is 94.2 Å². The van der Waals surface area contributed by atoms with Gasteiger partial charge in [0.1, 0.15) is 6.54 Å². The second-order valence-electron chi connectivity index (χ2n) is 4.51. The van der Waals surface area contributed by atoms with E-state index in [1.54, 1.807) is 24.3 Å². The summed E-state index contributed by atoms with van der Waals surface area (Å²) in [6.45, 7) is 1.08. The van der Waals surface area contributed by atoms with E-state index in [-0.39, 0.29) is 17.9 Å². The van der Waals surface area contributed by atoms with Crippen LogP contribution >= 0.6 is 11.6 Å². The van der Waals surface area contributed by atoms with Gasteiger partial charge in [-0.05, 0) is 19.1 Å². The average Bonchev–Trinajstić information content (AvgIpc) is 2.45. The van der Waals surface area contributed by atoms with Gasteiger partial charge < -0.3 is 5.32 Å². The van der Waals surface area contributed by atoms with Gasteiger partial charge in [0.05, 0.1) is 21.3 Å². The first-order valence-corrected chi connectivity index (χ1v) is 6.67. The van der Waals surface area contributed by atoms with Crippen molar-refractivity contribution in [1.82, 2.24) is 4.57 Å². The Kier molecular flexibility index (Phi) is 4.57. The van der Waals surface area contributed by atoms with Crippen molar-refractivity contribution in [3.05, 3.63) is 67.6 Å². The normalized spacial score (nSPS) is 10.3. The molecule has 7 nitrogen and oxygen atoms in total. The number of rotatable bonds is 4. The Labute approximate surface area is 130 Å². The Hall–Kier alpha value is -2.67. The fourth-order valence-electron chi connectivity index (χ4n) is 1.95. The Morgan fingerprint density at radius 3 is 2.64 bits per heavy atom. The summed E-state index contributed by atoms with van der Waals surface area (Å²) in [5.41, 5.74) is -0.181. The Bertz CT molecular complexity index is 801. The molecule has 2 rings (SSSR count). The second kappa shape index (κ2) is 6.40. The predicted octanol–water partition coefficient (Wildman–Crippen LogP) is 2.36. The molecule has 0 atom stereocenters. The number of halogens is 1. The van der Waals surface area contributed by atoms with Crippen LogP contribution in [0.1, 0.15) is 5.69 Å². The smallest absolute Gasteiger partial charge is 0.288 e. The van der Waals surface area contributed by atoms with Crippen LogP contribution in [-0.4, -0.2) is 15.4 Å². The third-order valence-corrected chi connectivity index (χ3v) is 3.40. The number of benzene rings is 1. The summed E-state index contributed by atoms with van der Waals surface area (Å²) in [5.74, 6) is -0.501. The van der Waals surface area contributed by atoms with E-state index in [4.69, 9.17) is 11.6 Å². The summed E-state index contributed by atoms with van der Waals surface area (Å²) in [5, 5.41) is 13.8. The van der Waals surface area contributed by atoms with Crippen molar-refractivity contribution < 1.29 is 9.72 Å². The van der Waals surface area contributed by atoms with Gasteiger partial charge in [0.25, 0.3) is 11.2 Å². The number of amides is 1. The maximum absolute atomic E-state index is 12.0. The van der Waals surface area contributed by atoms with Crippen molar-refractivity contribution in [2.75, 3.05) is 5.32 Å². The van der Waals surface area contributed by atoms with E-state index in [0.717, 1.165) is 16.7 Å². The number of aromatic nitrogens is 1. The zero-order chi connectivity index (χ0) is 16.3. The second-order valence-corrected chi connectivity index (χ2v) is 4.92. The molecular formula is C14H12ClN3O4. The number of nitrogens with one attached hydrogen (secondary N) is 1. The number of anilines is 1. The van der Waals surface area contributed by atoms with Crippen LogP contribution in [0.15, 0.2) is 41.2 Å². The molecule has 0 saturated carbocycles. The van der Waals surface area contributed by atoms with Crippen molar-refractivity contribution in [1.29, 1.82) is 0 Å². The molecule has 0 aliphatic heterocycles. The summed E-state index contributed by atoms with van der Waals surface area (Å²) in [6.07, 6.45) is 0. The van der Waals surface area contributed by atoms with Crippen molar-refractivity contribution >= 4 is 28.9 Å². The molecule has 2 aromatic rings. The zero-order valence-electron chi connectivity index (χ0n) is 11.6. The van der Waals surface area contributed by atoms with Gasteiger partial charge in [-0.25, -0.2) is 0 Å². The first-order chi connectivity index (χ1) is 10.4. The molecule has 0 aliphatic carbocycles. The molecule has 0 bridgehead atoms. The predicted molar refractivity (Wildman–Crippen MR) is 82.2 cm³/mol. The lowest BCUT2D eigenvalue weighted by Crippen LogP contribution is -2.29. The molecule has 0 fully saturated rings. The van der Waals surface area contributed by atoms with Gasteiger partial charge in [0.2, 0.25) is 5.91 Å². The van der Waals surface area contributed by atoms with Gasteiger partial charge in [-0.1, -0.05) is 23.7 Å². The van der Waals surface area contributed by atoms with Crippen LogP contribution in [0.3, 0.4) is 0 Å². The lowest BCUT2D eigenvalue weighted by molar-refractivity contribution is -0.386. The highest BCUT2D eigenvalue weighted by molar-refractivity contribution is 6.33. The fourth-order valence-corrected chi connectivity index (χ4v) is 2.13. The standard InChI is InChI=1S/C14H12ClN3O4/c1-9-12(18(21)22)6-7-14(20)17(9)8-13(19)16-11-5-3-2-4-10(11)15/h2-7H,8H2,1H3,(H,16,19). The van der Waals surface area contributed by atoms with E-state index < -0.39 is 16.4 Å². The minimum Gasteiger partial charge on any atom is -0.323 e. The number of hydrogen-bond donors (Lipinski definition) is 1. The first-order valence-electron chi connectivity index (χ1n) is 6.29. The minimum atomic E-state index is -0.600. The molecule has 1 aromatic heterocycles. The molecule has 0 unspecified atom stereocenters. The summed E-state index contributed by atoms with van der Waals surface area (Å²) in [4.78, 5) is 34.1. The number of carbonyl (C=O) groups excluding carboxylic acids is 1. The van der Waals surface area contributed by atoms with Gasteiger partial charge in [0.15, 0.2) is 0 Å². The monoisotopic (exact) mass is 321 g/mol. The quantitative estimate of drug-likeness (QED) is 0.690. The van der Waals surface area contributed by atoms with Crippen LogP contribution in [0.25, 0.3) is 0 Å². The molecule has 0 aliphatic rings. The number of pyridine rings is 1. The maximum atomic E-state index is 12.0. The van der Waals surface area contributed by atoms with Crippen molar-refractivity contribution in [3.8, 4) is 0 Å². The maximum Gasteiger partial charge on any atom is 0.288 e. The number of para-hydroxylation sites is 1. The number of nitro groups is 1. The van der Waals surface area contributed by atoms with Gasteiger partial charge >= 0.3 is 0 Å². The Morgan fingerprint density at radius 1 is 1.32 bits per heavy atom. The van der Waals surface area contributed by atoms with Crippen LogP contribution < -0.4 is 10.9 Å². The molecule has 0 spiro atoms. The Morgan fingerprint density at radius 2 is 2.00 bits per heavy atom. The molecule has 0 saturated heterocycles. The van der Waals surface area contributed by atoms with E-state index in [0.29, 0.717) is 10.7 Å². The van der Waals surface area contributed by atoms with Gasteiger partial charge in [-0.15, -0.1) is 0 Å². The van der Waals surface area contributed by atoms with Crippen LogP contribution in [0.2, 0.25) is 5.02 Å². The average molecular weight is 322 g/mol. The van der Waals surface area contributed by atoms with Crippen LogP contribution in [0.4, 0.5) is 11.4 Å². The first kappa shape index (κ1) is 15.7. The molecule has 114 valence electrons. The fraction of sp³-hybridized carbons (Fsp3) is 0.143. The summed E-state index contributed by atoms with van der Waals surface area (Å²) in [6, 6.07) is 8.83. The lowest BCUT2D eigenvalue weighted by atomic mass is 10.3. The number of carbonyl (C=O) groups is 1. The van der Waals surface area contributed by atoms with E-state index >= 15 is 0 Å².